The zero-order valence-corrected chi connectivity index (χ0v) is 11.9. The summed E-state index contributed by atoms with van der Waals surface area (Å²) in [5.41, 5.74) is 2.07. The van der Waals surface area contributed by atoms with Gasteiger partial charge < -0.3 is 10.1 Å². The first kappa shape index (κ1) is 13.4. The third-order valence-corrected chi connectivity index (χ3v) is 5.49. The van der Waals surface area contributed by atoms with Crippen molar-refractivity contribution in [2.75, 3.05) is 18.1 Å². The van der Waals surface area contributed by atoms with Gasteiger partial charge in [-0.3, -0.25) is 4.79 Å². The Morgan fingerprint density at radius 2 is 2.25 bits per heavy atom. The van der Waals surface area contributed by atoms with Crippen LogP contribution in [0.1, 0.15) is 17.5 Å². The second kappa shape index (κ2) is 5.09. The number of ether oxygens (including phenoxy) is 1. The predicted octanol–water partition coefficient (Wildman–Crippen LogP) is 0.467. The van der Waals surface area contributed by atoms with Gasteiger partial charge in [0.1, 0.15) is 5.75 Å². The summed E-state index contributed by atoms with van der Waals surface area (Å²) in [5, 5.41) is 2.79. The zero-order valence-electron chi connectivity index (χ0n) is 11.1. The van der Waals surface area contributed by atoms with E-state index in [1.165, 1.54) is 5.56 Å². The summed E-state index contributed by atoms with van der Waals surface area (Å²) in [5.74, 6) is 0.959. The van der Waals surface area contributed by atoms with Crippen LogP contribution in [0.5, 0.6) is 5.75 Å². The van der Waals surface area contributed by atoms with E-state index in [1.807, 2.05) is 18.2 Å². The number of nitrogens with one attached hydrogen (secondary N) is 1. The molecule has 2 aliphatic rings. The van der Waals surface area contributed by atoms with Crippen LogP contribution in [0, 0.1) is 0 Å². The van der Waals surface area contributed by atoms with Crippen molar-refractivity contribution in [3.05, 3.63) is 29.3 Å². The maximum Gasteiger partial charge on any atom is 0.224 e. The Labute approximate surface area is 118 Å². The monoisotopic (exact) mass is 295 g/mol. The molecule has 1 N–H and O–H groups in total. The molecule has 2 aliphatic heterocycles. The van der Waals surface area contributed by atoms with E-state index in [0.717, 1.165) is 17.7 Å². The molecule has 1 atom stereocenters. The molecule has 1 aromatic rings. The van der Waals surface area contributed by atoms with Crippen LogP contribution >= 0.6 is 0 Å². The minimum Gasteiger partial charge on any atom is -0.493 e. The quantitative estimate of drug-likeness (QED) is 0.879. The van der Waals surface area contributed by atoms with Crippen LogP contribution in [-0.4, -0.2) is 38.5 Å². The second-order valence-electron chi connectivity index (χ2n) is 5.38. The van der Waals surface area contributed by atoms with Gasteiger partial charge in [-0.25, -0.2) is 8.42 Å². The molecule has 0 aromatic heterocycles. The summed E-state index contributed by atoms with van der Waals surface area (Å²) in [7, 11) is -2.96. The molecule has 0 saturated carbocycles. The minimum absolute atomic E-state index is 0.0615. The zero-order chi connectivity index (χ0) is 14.2. The van der Waals surface area contributed by atoms with E-state index in [4.69, 9.17) is 4.74 Å². The predicted molar refractivity (Wildman–Crippen MR) is 74.5 cm³/mol. The van der Waals surface area contributed by atoms with E-state index >= 15 is 0 Å². The number of amides is 1. The molecule has 1 amide bonds. The molecule has 0 aliphatic carbocycles. The average molecular weight is 295 g/mol. The molecule has 6 heteroatoms. The van der Waals surface area contributed by atoms with Crippen LogP contribution in [0.2, 0.25) is 0 Å². The van der Waals surface area contributed by atoms with Crippen molar-refractivity contribution in [2.24, 2.45) is 0 Å². The lowest BCUT2D eigenvalue weighted by atomic mass is 10.1. The molecule has 1 aromatic carbocycles. The number of sulfone groups is 1. The lowest BCUT2D eigenvalue weighted by Gasteiger charge is -2.11. The summed E-state index contributed by atoms with van der Waals surface area (Å²) < 4.78 is 28.2. The van der Waals surface area contributed by atoms with Gasteiger partial charge in [0.15, 0.2) is 9.84 Å². The Balaban J connectivity index is 1.59. The van der Waals surface area contributed by atoms with Crippen LogP contribution in [-0.2, 0) is 27.5 Å². The van der Waals surface area contributed by atoms with E-state index in [0.29, 0.717) is 13.0 Å². The van der Waals surface area contributed by atoms with Crippen LogP contribution in [0.25, 0.3) is 0 Å². The minimum atomic E-state index is -2.96. The lowest BCUT2D eigenvalue weighted by Crippen LogP contribution is -2.36. The number of hydrogen-bond acceptors (Lipinski definition) is 4. The number of carbonyl (C=O) groups excluding carboxylic acids is 1. The Morgan fingerprint density at radius 1 is 1.40 bits per heavy atom. The van der Waals surface area contributed by atoms with Crippen molar-refractivity contribution in [1.82, 2.24) is 5.32 Å². The molecule has 0 bridgehead atoms. The number of rotatable bonds is 3. The first-order chi connectivity index (χ1) is 9.52. The average Bonchev–Trinajstić information content (AvgIpc) is 2.95. The van der Waals surface area contributed by atoms with Gasteiger partial charge in [-0.2, -0.15) is 0 Å². The summed E-state index contributed by atoms with van der Waals surface area (Å²) in [6.07, 6.45) is 1.69. The normalized spacial score (nSPS) is 23.1. The first-order valence-corrected chi connectivity index (χ1v) is 8.58. The lowest BCUT2D eigenvalue weighted by molar-refractivity contribution is -0.120. The topological polar surface area (TPSA) is 72.5 Å². The fourth-order valence-electron chi connectivity index (χ4n) is 2.69. The smallest absolute Gasteiger partial charge is 0.224 e. The van der Waals surface area contributed by atoms with Crippen molar-refractivity contribution in [3.8, 4) is 5.75 Å². The van der Waals surface area contributed by atoms with Crippen LogP contribution in [0.4, 0.5) is 0 Å². The van der Waals surface area contributed by atoms with Gasteiger partial charge in [-0.15, -0.1) is 0 Å². The summed E-state index contributed by atoms with van der Waals surface area (Å²) in [6.45, 7) is 0.699. The first-order valence-electron chi connectivity index (χ1n) is 6.76. The third kappa shape index (κ3) is 2.95. The molecule has 1 saturated heterocycles. The molecule has 3 rings (SSSR count). The molecule has 5 nitrogen and oxygen atoms in total. The van der Waals surface area contributed by atoms with Gasteiger partial charge >= 0.3 is 0 Å². The van der Waals surface area contributed by atoms with Gasteiger partial charge in [0.05, 0.1) is 24.5 Å². The molecule has 0 spiro atoms. The molecule has 1 unspecified atom stereocenters. The highest BCUT2D eigenvalue weighted by Crippen LogP contribution is 2.26. The molecule has 0 radical (unpaired) electrons. The van der Waals surface area contributed by atoms with Crippen LogP contribution in [0.15, 0.2) is 18.2 Å². The van der Waals surface area contributed by atoms with Gasteiger partial charge in [0.25, 0.3) is 0 Å². The second-order valence-corrected chi connectivity index (χ2v) is 7.61. The van der Waals surface area contributed by atoms with Crippen LogP contribution < -0.4 is 10.1 Å². The number of fused-ring (bicyclic) bond motifs is 1. The number of benzene rings is 1. The molecular formula is C14H17NO4S. The van der Waals surface area contributed by atoms with Crippen LogP contribution in [0.3, 0.4) is 0 Å². The highest BCUT2D eigenvalue weighted by molar-refractivity contribution is 7.91. The Hall–Kier alpha value is -1.56. The molecule has 1 fully saturated rings. The Morgan fingerprint density at radius 3 is 3.00 bits per heavy atom. The summed E-state index contributed by atoms with van der Waals surface area (Å²) in [6, 6.07) is 5.58. The molecule has 2 heterocycles. The fraction of sp³-hybridized carbons (Fsp3) is 0.500. The van der Waals surface area contributed by atoms with Crippen molar-refractivity contribution < 1.29 is 17.9 Å². The maximum absolute atomic E-state index is 11.9. The third-order valence-electron chi connectivity index (χ3n) is 3.72. The molecule has 20 heavy (non-hydrogen) atoms. The fourth-order valence-corrected chi connectivity index (χ4v) is 4.37. The largest absolute Gasteiger partial charge is 0.493 e. The van der Waals surface area contributed by atoms with Crippen molar-refractivity contribution in [2.45, 2.75) is 25.3 Å². The Kier molecular flexibility index (Phi) is 3.41. The van der Waals surface area contributed by atoms with Gasteiger partial charge in [0, 0.05) is 12.5 Å². The SMILES string of the molecule is O=C(Cc1ccc2c(c1)OCC2)NC1CCS(=O)(=O)C1. The molecular weight excluding hydrogens is 278 g/mol. The summed E-state index contributed by atoms with van der Waals surface area (Å²) in [4.78, 5) is 11.9. The number of carbonyl (C=O) groups is 1. The highest BCUT2D eigenvalue weighted by Gasteiger charge is 2.28. The van der Waals surface area contributed by atoms with Crippen molar-refractivity contribution in [3.63, 3.8) is 0 Å². The number of hydrogen-bond donors (Lipinski definition) is 1. The van der Waals surface area contributed by atoms with E-state index in [-0.39, 0.29) is 29.9 Å². The Bertz CT molecular complexity index is 639. The standard InChI is InChI=1S/C14H17NO4S/c16-14(15-12-4-6-20(17,18)9-12)8-10-1-2-11-3-5-19-13(11)7-10/h1-2,7,12H,3-6,8-9H2,(H,15,16). The van der Waals surface area contributed by atoms with E-state index in [9.17, 15) is 13.2 Å². The van der Waals surface area contributed by atoms with E-state index in [2.05, 4.69) is 5.32 Å². The van der Waals surface area contributed by atoms with E-state index < -0.39 is 9.84 Å². The van der Waals surface area contributed by atoms with Gasteiger partial charge in [-0.05, 0) is 23.6 Å². The van der Waals surface area contributed by atoms with Crippen molar-refractivity contribution in [1.29, 1.82) is 0 Å². The molecule has 108 valence electrons. The van der Waals surface area contributed by atoms with Crippen molar-refractivity contribution >= 4 is 15.7 Å². The van der Waals surface area contributed by atoms with Gasteiger partial charge in [-0.1, -0.05) is 12.1 Å². The summed E-state index contributed by atoms with van der Waals surface area (Å²) >= 11 is 0. The highest BCUT2D eigenvalue weighted by atomic mass is 32.2. The van der Waals surface area contributed by atoms with E-state index in [1.54, 1.807) is 0 Å². The van der Waals surface area contributed by atoms with Gasteiger partial charge in [0.2, 0.25) is 5.91 Å². The maximum atomic E-state index is 11.9.